The zero-order valence-electron chi connectivity index (χ0n) is 12.5. The molecule has 2 heterocycles. The van der Waals surface area contributed by atoms with Gasteiger partial charge in [0.15, 0.2) is 0 Å². The third kappa shape index (κ3) is 4.24. The van der Waals surface area contributed by atoms with Gasteiger partial charge < -0.3 is 9.64 Å². The van der Waals surface area contributed by atoms with E-state index in [4.69, 9.17) is 4.74 Å². The van der Waals surface area contributed by atoms with Gasteiger partial charge in [0.1, 0.15) is 11.9 Å². The fraction of sp³-hybridized carbons (Fsp3) is 0.412. The number of piperidine rings is 1. The fourth-order valence-electron chi connectivity index (χ4n) is 2.73. The van der Waals surface area contributed by atoms with Crippen molar-refractivity contribution in [3.05, 3.63) is 54.1 Å². The molecule has 1 saturated heterocycles. The second-order valence-electron chi connectivity index (χ2n) is 5.57. The number of hydrogen-bond acceptors (Lipinski definition) is 4. The number of benzene rings is 1. The number of nitrogens with zero attached hydrogens (tertiary/aromatic N) is 3. The lowest BCUT2D eigenvalue weighted by Crippen LogP contribution is -2.39. The molecule has 4 nitrogen and oxygen atoms in total. The summed E-state index contributed by atoms with van der Waals surface area (Å²) < 4.78 is 18.9. The molecule has 0 bridgehead atoms. The van der Waals surface area contributed by atoms with E-state index in [1.807, 2.05) is 6.07 Å². The Balaban J connectivity index is 1.42. The minimum absolute atomic E-state index is 0.160. The van der Waals surface area contributed by atoms with E-state index in [0.29, 0.717) is 6.01 Å². The Morgan fingerprint density at radius 3 is 2.64 bits per heavy atom. The van der Waals surface area contributed by atoms with Crippen molar-refractivity contribution in [1.82, 2.24) is 14.9 Å². The summed E-state index contributed by atoms with van der Waals surface area (Å²) in [5.74, 6) is -0.160. The normalized spacial score (nSPS) is 16.6. The Kier molecular flexibility index (Phi) is 4.96. The van der Waals surface area contributed by atoms with Crippen molar-refractivity contribution in [1.29, 1.82) is 0 Å². The Labute approximate surface area is 130 Å². The second-order valence-corrected chi connectivity index (χ2v) is 5.57. The van der Waals surface area contributed by atoms with Crippen LogP contribution >= 0.6 is 0 Å². The summed E-state index contributed by atoms with van der Waals surface area (Å²) in [7, 11) is 0. The number of hydrogen-bond donors (Lipinski definition) is 0. The van der Waals surface area contributed by atoms with Crippen molar-refractivity contribution in [2.75, 3.05) is 19.6 Å². The van der Waals surface area contributed by atoms with Crippen molar-refractivity contribution in [2.45, 2.75) is 25.4 Å². The van der Waals surface area contributed by atoms with Crippen molar-refractivity contribution in [3.63, 3.8) is 0 Å². The maximum absolute atomic E-state index is 13.1. The van der Waals surface area contributed by atoms with Crippen LogP contribution in [0.15, 0.2) is 42.7 Å². The Morgan fingerprint density at radius 1 is 1.14 bits per heavy atom. The molecule has 2 aromatic rings. The van der Waals surface area contributed by atoms with Crippen molar-refractivity contribution in [2.24, 2.45) is 0 Å². The molecule has 0 spiro atoms. The van der Waals surface area contributed by atoms with Gasteiger partial charge in [-0.1, -0.05) is 12.1 Å². The van der Waals surface area contributed by atoms with E-state index in [-0.39, 0.29) is 11.9 Å². The minimum atomic E-state index is -0.160. The Morgan fingerprint density at radius 2 is 1.91 bits per heavy atom. The van der Waals surface area contributed by atoms with Gasteiger partial charge in [0.25, 0.3) is 0 Å². The minimum Gasteiger partial charge on any atom is -0.460 e. The molecular formula is C17H20FN3O. The average Bonchev–Trinajstić information content (AvgIpc) is 2.55. The van der Waals surface area contributed by atoms with Crippen LogP contribution in [0, 0.1) is 5.82 Å². The topological polar surface area (TPSA) is 38.2 Å². The first-order valence-electron chi connectivity index (χ1n) is 7.70. The van der Waals surface area contributed by atoms with Crippen LogP contribution in [0.2, 0.25) is 0 Å². The first-order chi connectivity index (χ1) is 10.8. The molecular weight excluding hydrogens is 281 g/mol. The molecule has 0 unspecified atom stereocenters. The molecule has 1 aromatic heterocycles. The highest BCUT2D eigenvalue weighted by Crippen LogP contribution is 2.16. The molecule has 0 saturated carbocycles. The molecule has 1 aliphatic heterocycles. The number of likely N-dealkylation sites (tertiary alicyclic amines) is 1. The maximum Gasteiger partial charge on any atom is 0.316 e. The van der Waals surface area contributed by atoms with Crippen LogP contribution in [-0.4, -0.2) is 40.6 Å². The molecule has 0 aliphatic carbocycles. The largest absolute Gasteiger partial charge is 0.460 e. The summed E-state index contributed by atoms with van der Waals surface area (Å²) in [6.45, 7) is 2.94. The second kappa shape index (κ2) is 7.31. The quantitative estimate of drug-likeness (QED) is 0.851. The predicted octanol–water partition coefficient (Wildman–Crippen LogP) is 2.70. The molecule has 1 aromatic carbocycles. The van der Waals surface area contributed by atoms with E-state index in [0.717, 1.165) is 44.5 Å². The van der Waals surface area contributed by atoms with Gasteiger partial charge in [0, 0.05) is 32.0 Å². The van der Waals surface area contributed by atoms with Crippen LogP contribution in [0.1, 0.15) is 18.4 Å². The molecule has 1 fully saturated rings. The first kappa shape index (κ1) is 14.9. The van der Waals surface area contributed by atoms with Crippen LogP contribution in [0.4, 0.5) is 4.39 Å². The summed E-state index contributed by atoms with van der Waals surface area (Å²) in [6.07, 6.45) is 6.40. The molecule has 0 radical (unpaired) electrons. The van der Waals surface area contributed by atoms with Gasteiger partial charge in [-0.05, 0) is 43.0 Å². The highest BCUT2D eigenvalue weighted by atomic mass is 19.1. The van der Waals surface area contributed by atoms with Crippen molar-refractivity contribution < 1.29 is 9.13 Å². The predicted molar refractivity (Wildman–Crippen MR) is 82.2 cm³/mol. The van der Waals surface area contributed by atoms with Crippen LogP contribution in [0.5, 0.6) is 6.01 Å². The smallest absolute Gasteiger partial charge is 0.316 e. The lowest BCUT2D eigenvalue weighted by atomic mass is 10.1. The number of halogens is 1. The number of rotatable bonds is 5. The van der Waals surface area contributed by atoms with Crippen LogP contribution in [0.25, 0.3) is 0 Å². The molecule has 0 amide bonds. The summed E-state index contributed by atoms with van der Waals surface area (Å²) in [5, 5.41) is 0. The monoisotopic (exact) mass is 301 g/mol. The van der Waals surface area contributed by atoms with E-state index in [9.17, 15) is 4.39 Å². The van der Waals surface area contributed by atoms with E-state index < -0.39 is 0 Å². The van der Waals surface area contributed by atoms with Gasteiger partial charge in [0.2, 0.25) is 0 Å². The number of aromatic nitrogens is 2. The summed E-state index contributed by atoms with van der Waals surface area (Å²) >= 11 is 0. The van der Waals surface area contributed by atoms with Gasteiger partial charge in [-0.2, -0.15) is 0 Å². The van der Waals surface area contributed by atoms with Gasteiger partial charge >= 0.3 is 6.01 Å². The van der Waals surface area contributed by atoms with E-state index in [2.05, 4.69) is 14.9 Å². The van der Waals surface area contributed by atoms with Gasteiger partial charge in [-0.25, -0.2) is 14.4 Å². The van der Waals surface area contributed by atoms with Crippen molar-refractivity contribution in [3.8, 4) is 6.01 Å². The van der Waals surface area contributed by atoms with E-state index in [1.54, 1.807) is 30.6 Å². The first-order valence-corrected chi connectivity index (χ1v) is 7.70. The molecule has 5 heteroatoms. The van der Waals surface area contributed by atoms with Gasteiger partial charge in [0.05, 0.1) is 0 Å². The maximum atomic E-state index is 13.1. The van der Waals surface area contributed by atoms with Gasteiger partial charge in [-0.15, -0.1) is 0 Å². The van der Waals surface area contributed by atoms with Gasteiger partial charge in [-0.3, -0.25) is 0 Å². The molecule has 0 atom stereocenters. The van der Waals surface area contributed by atoms with Crippen LogP contribution in [0.3, 0.4) is 0 Å². The standard InChI is InChI=1S/C17H20FN3O/c18-15-4-1-3-14(13-15)5-10-21-11-6-16(7-12-21)22-17-19-8-2-9-20-17/h1-4,8-9,13,16H,5-7,10-12H2. The Bertz CT molecular complexity index is 585. The summed E-state index contributed by atoms with van der Waals surface area (Å²) in [5.41, 5.74) is 1.05. The average molecular weight is 301 g/mol. The number of ether oxygens (including phenoxy) is 1. The van der Waals surface area contributed by atoms with E-state index >= 15 is 0 Å². The summed E-state index contributed by atoms with van der Waals surface area (Å²) in [6, 6.07) is 9.08. The lowest BCUT2D eigenvalue weighted by molar-refractivity contribution is 0.0933. The SMILES string of the molecule is Fc1cccc(CCN2CCC(Oc3ncccn3)CC2)c1. The zero-order chi connectivity index (χ0) is 15.2. The van der Waals surface area contributed by atoms with Crippen molar-refractivity contribution >= 4 is 0 Å². The highest BCUT2D eigenvalue weighted by Gasteiger charge is 2.20. The highest BCUT2D eigenvalue weighted by molar-refractivity contribution is 5.16. The summed E-state index contributed by atoms with van der Waals surface area (Å²) in [4.78, 5) is 10.6. The van der Waals surface area contributed by atoms with Crippen LogP contribution < -0.4 is 4.74 Å². The third-order valence-electron chi connectivity index (χ3n) is 3.95. The lowest BCUT2D eigenvalue weighted by Gasteiger charge is -2.31. The molecule has 3 rings (SSSR count). The molecule has 0 N–H and O–H groups in total. The molecule has 22 heavy (non-hydrogen) atoms. The fourth-order valence-corrected chi connectivity index (χ4v) is 2.73. The third-order valence-corrected chi connectivity index (χ3v) is 3.95. The molecule has 116 valence electrons. The van der Waals surface area contributed by atoms with Crippen LogP contribution in [-0.2, 0) is 6.42 Å². The molecule has 1 aliphatic rings. The zero-order valence-corrected chi connectivity index (χ0v) is 12.5. The van der Waals surface area contributed by atoms with E-state index in [1.165, 1.54) is 6.07 Å². The Hall–Kier alpha value is -2.01.